The quantitative estimate of drug-likeness (QED) is 0.804. The second-order valence-electron chi connectivity index (χ2n) is 5.87. The van der Waals surface area contributed by atoms with Crippen molar-refractivity contribution in [2.75, 3.05) is 19.0 Å². The van der Waals surface area contributed by atoms with Crippen LogP contribution in [0.4, 0.5) is 5.69 Å². The molecule has 0 saturated heterocycles. The zero-order chi connectivity index (χ0) is 17.8. The Morgan fingerprint density at radius 2 is 2.00 bits per heavy atom. The fourth-order valence-electron chi connectivity index (χ4n) is 2.24. The highest BCUT2D eigenvalue weighted by atomic mass is 16.5. The Hall–Kier alpha value is -3.09. The van der Waals surface area contributed by atoms with Gasteiger partial charge in [-0.3, -0.25) is 9.59 Å². The summed E-state index contributed by atoms with van der Waals surface area (Å²) < 4.78 is 10.7. The predicted octanol–water partition coefficient (Wildman–Crippen LogP) is 2.23. The molecule has 2 aromatic rings. The Kier molecular flexibility index (Phi) is 4.83. The number of carbonyl (C=O) groups is 2. The number of ether oxygens (including phenoxy) is 2. The summed E-state index contributed by atoms with van der Waals surface area (Å²) in [5.41, 5.74) is 6.27. The van der Waals surface area contributed by atoms with Gasteiger partial charge in [0.2, 0.25) is 11.8 Å². The van der Waals surface area contributed by atoms with E-state index in [1.165, 1.54) is 38.3 Å². The molecule has 1 aliphatic rings. The monoisotopic (exact) mass is 341 g/mol. The molecule has 1 fully saturated rings. The minimum Gasteiger partial charge on any atom is -0.495 e. The van der Waals surface area contributed by atoms with Gasteiger partial charge in [-0.05, 0) is 43.0 Å². The first-order valence-electron chi connectivity index (χ1n) is 7.95. The van der Waals surface area contributed by atoms with E-state index in [4.69, 9.17) is 15.2 Å². The van der Waals surface area contributed by atoms with Crippen molar-refractivity contribution in [2.24, 2.45) is 11.7 Å². The van der Waals surface area contributed by atoms with E-state index in [1.807, 2.05) is 0 Å². The van der Waals surface area contributed by atoms with Crippen LogP contribution in [-0.4, -0.2) is 30.5 Å². The van der Waals surface area contributed by atoms with Crippen molar-refractivity contribution in [1.29, 1.82) is 0 Å². The molecule has 0 aliphatic heterocycles. The van der Waals surface area contributed by atoms with E-state index in [0.717, 1.165) is 0 Å². The smallest absolute Gasteiger partial charge is 0.257 e. The number of pyridine rings is 1. The maximum absolute atomic E-state index is 12.4. The van der Waals surface area contributed by atoms with Gasteiger partial charge >= 0.3 is 0 Å². The van der Waals surface area contributed by atoms with Crippen molar-refractivity contribution in [3.05, 3.63) is 47.7 Å². The van der Waals surface area contributed by atoms with Crippen molar-refractivity contribution in [3.63, 3.8) is 0 Å². The molecule has 0 bridgehead atoms. The number of anilines is 1. The summed E-state index contributed by atoms with van der Waals surface area (Å²) >= 11 is 0. The fourth-order valence-corrected chi connectivity index (χ4v) is 2.24. The summed E-state index contributed by atoms with van der Waals surface area (Å²) in [5.74, 6) is 0.598. The first-order chi connectivity index (χ1) is 12.1. The summed E-state index contributed by atoms with van der Waals surface area (Å²) in [4.78, 5) is 27.8. The van der Waals surface area contributed by atoms with Crippen LogP contribution in [0.3, 0.4) is 0 Å². The van der Waals surface area contributed by atoms with E-state index in [-0.39, 0.29) is 11.5 Å². The van der Waals surface area contributed by atoms with Gasteiger partial charge in [-0.1, -0.05) is 0 Å². The summed E-state index contributed by atoms with van der Waals surface area (Å²) in [5, 5.41) is 2.70. The van der Waals surface area contributed by atoms with Gasteiger partial charge in [0.05, 0.1) is 25.0 Å². The number of rotatable bonds is 7. The molecule has 3 N–H and O–H groups in total. The van der Waals surface area contributed by atoms with E-state index in [9.17, 15) is 9.59 Å². The molecule has 0 spiro atoms. The Balaban J connectivity index is 1.70. The van der Waals surface area contributed by atoms with Gasteiger partial charge in [0, 0.05) is 17.8 Å². The highest BCUT2D eigenvalue weighted by Gasteiger charge is 2.22. The Labute approximate surface area is 145 Å². The highest BCUT2D eigenvalue weighted by molar-refractivity contribution is 6.05. The maximum atomic E-state index is 12.4. The summed E-state index contributed by atoms with van der Waals surface area (Å²) in [6.45, 7) is 0.662. The third-order valence-electron chi connectivity index (χ3n) is 3.89. The second kappa shape index (κ2) is 7.21. The second-order valence-corrected chi connectivity index (χ2v) is 5.87. The highest BCUT2D eigenvalue weighted by Crippen LogP contribution is 2.29. The predicted molar refractivity (Wildman–Crippen MR) is 91.9 cm³/mol. The molecular weight excluding hydrogens is 322 g/mol. The van der Waals surface area contributed by atoms with Gasteiger partial charge in [-0.15, -0.1) is 0 Å². The zero-order valence-electron chi connectivity index (χ0n) is 13.8. The minimum absolute atomic E-state index is 0.276. The number of nitrogens with zero attached hydrogens (tertiary/aromatic N) is 1. The fraction of sp³-hybridized carbons (Fsp3) is 0.278. The number of hydrogen-bond donors (Lipinski definition) is 2. The van der Waals surface area contributed by atoms with Gasteiger partial charge in [-0.25, -0.2) is 4.98 Å². The number of aromatic nitrogens is 1. The largest absolute Gasteiger partial charge is 0.495 e. The number of primary amides is 1. The van der Waals surface area contributed by atoms with E-state index in [2.05, 4.69) is 10.3 Å². The number of benzene rings is 1. The average molecular weight is 341 g/mol. The molecule has 3 rings (SSSR count). The van der Waals surface area contributed by atoms with Crippen molar-refractivity contribution in [3.8, 4) is 11.6 Å². The molecule has 7 nitrogen and oxygen atoms in total. The molecule has 0 atom stereocenters. The van der Waals surface area contributed by atoms with E-state index in [1.54, 1.807) is 18.2 Å². The average Bonchev–Trinajstić information content (AvgIpc) is 3.44. The molecule has 7 heteroatoms. The maximum Gasteiger partial charge on any atom is 0.257 e. The van der Waals surface area contributed by atoms with Crippen molar-refractivity contribution < 1.29 is 19.1 Å². The van der Waals surface area contributed by atoms with E-state index < -0.39 is 5.91 Å². The molecule has 130 valence electrons. The molecule has 0 unspecified atom stereocenters. The number of methoxy groups -OCH3 is 1. The van der Waals surface area contributed by atoms with E-state index >= 15 is 0 Å². The third-order valence-corrected chi connectivity index (χ3v) is 3.89. The molecule has 1 heterocycles. The third kappa shape index (κ3) is 4.26. The number of amides is 2. The lowest BCUT2D eigenvalue weighted by molar-refractivity contribution is 0.0996. The van der Waals surface area contributed by atoms with Gasteiger partial charge in [-0.2, -0.15) is 0 Å². The van der Waals surface area contributed by atoms with Crippen molar-refractivity contribution >= 4 is 17.5 Å². The number of nitrogens with one attached hydrogen (secondary N) is 1. The lowest BCUT2D eigenvalue weighted by Gasteiger charge is -2.11. The Morgan fingerprint density at radius 1 is 1.24 bits per heavy atom. The number of nitrogens with two attached hydrogens (primary N) is 1. The van der Waals surface area contributed by atoms with Gasteiger partial charge in [0.1, 0.15) is 5.75 Å². The molecule has 1 aromatic carbocycles. The van der Waals surface area contributed by atoms with E-state index in [0.29, 0.717) is 35.4 Å². The van der Waals surface area contributed by atoms with Gasteiger partial charge in [0.15, 0.2) is 0 Å². The summed E-state index contributed by atoms with van der Waals surface area (Å²) in [6, 6.07) is 7.87. The van der Waals surface area contributed by atoms with Crippen LogP contribution in [0.15, 0.2) is 36.5 Å². The van der Waals surface area contributed by atoms with Gasteiger partial charge in [0.25, 0.3) is 5.91 Å². The van der Waals surface area contributed by atoms with Crippen LogP contribution < -0.4 is 20.5 Å². The molecule has 1 aliphatic carbocycles. The summed E-state index contributed by atoms with van der Waals surface area (Å²) in [7, 11) is 1.47. The van der Waals surface area contributed by atoms with Crippen LogP contribution in [0, 0.1) is 5.92 Å². The number of carbonyl (C=O) groups excluding carboxylic acids is 2. The van der Waals surface area contributed by atoms with Crippen LogP contribution in [0.1, 0.15) is 33.6 Å². The van der Waals surface area contributed by atoms with Crippen LogP contribution >= 0.6 is 0 Å². The normalized spacial score (nSPS) is 13.2. The first-order valence-corrected chi connectivity index (χ1v) is 7.95. The zero-order valence-corrected chi connectivity index (χ0v) is 13.8. The number of hydrogen-bond acceptors (Lipinski definition) is 5. The standard InChI is InChI=1S/C18H19N3O4/c1-24-15-6-4-12(17(19)22)8-14(15)21-18(23)13-5-7-16(20-9-13)25-10-11-2-3-11/h4-9,11H,2-3,10H2,1H3,(H2,19,22)(H,21,23). The molecule has 2 amide bonds. The van der Waals surface area contributed by atoms with Crippen LogP contribution in [0.25, 0.3) is 0 Å². The van der Waals surface area contributed by atoms with Gasteiger partial charge < -0.3 is 20.5 Å². The SMILES string of the molecule is COc1ccc(C(N)=O)cc1NC(=O)c1ccc(OCC2CC2)nc1. The molecule has 0 radical (unpaired) electrons. The molecule has 1 saturated carbocycles. The minimum atomic E-state index is -0.586. The van der Waals surface area contributed by atoms with Crippen molar-refractivity contribution in [2.45, 2.75) is 12.8 Å². The lowest BCUT2D eigenvalue weighted by atomic mass is 10.1. The topological polar surface area (TPSA) is 104 Å². The van der Waals surface area contributed by atoms with Crippen LogP contribution in [0.5, 0.6) is 11.6 Å². The van der Waals surface area contributed by atoms with Crippen molar-refractivity contribution in [1.82, 2.24) is 4.98 Å². The summed E-state index contributed by atoms with van der Waals surface area (Å²) in [6.07, 6.45) is 3.85. The lowest BCUT2D eigenvalue weighted by Crippen LogP contribution is -2.15. The molecule has 1 aromatic heterocycles. The Bertz CT molecular complexity index is 785. The Morgan fingerprint density at radius 3 is 2.60 bits per heavy atom. The molecule has 25 heavy (non-hydrogen) atoms. The van der Waals surface area contributed by atoms with Crippen LogP contribution in [-0.2, 0) is 0 Å². The molecular formula is C18H19N3O4. The first kappa shape index (κ1) is 16.8. The van der Waals surface area contributed by atoms with Crippen LogP contribution in [0.2, 0.25) is 0 Å².